The Bertz CT molecular complexity index is 414. The standard InChI is InChI=1S/C15H23N3O/c1-2-16-14-11-13(8-10-17-14)15(19)18-9-7-12-5-3-4-6-12/h8,10-12H,2-7,9H2,1H3,(H,16,17)(H,18,19). The molecular formula is C15H23N3O. The first kappa shape index (κ1) is 13.8. The summed E-state index contributed by atoms with van der Waals surface area (Å²) in [4.78, 5) is 16.2. The van der Waals surface area contributed by atoms with Gasteiger partial charge >= 0.3 is 0 Å². The van der Waals surface area contributed by atoms with Gasteiger partial charge < -0.3 is 10.6 Å². The molecule has 1 aromatic rings. The van der Waals surface area contributed by atoms with E-state index in [1.807, 2.05) is 6.92 Å². The Morgan fingerprint density at radius 3 is 2.95 bits per heavy atom. The molecule has 2 rings (SSSR count). The van der Waals surface area contributed by atoms with Gasteiger partial charge in [-0.1, -0.05) is 25.7 Å². The van der Waals surface area contributed by atoms with Crippen molar-refractivity contribution in [3.63, 3.8) is 0 Å². The lowest BCUT2D eigenvalue weighted by molar-refractivity contribution is 0.0951. The first-order valence-electron chi connectivity index (χ1n) is 7.27. The van der Waals surface area contributed by atoms with Crippen molar-refractivity contribution in [3.05, 3.63) is 23.9 Å². The summed E-state index contributed by atoms with van der Waals surface area (Å²) in [6.07, 6.45) is 8.15. The molecule has 0 saturated heterocycles. The van der Waals surface area contributed by atoms with Crippen molar-refractivity contribution in [2.24, 2.45) is 5.92 Å². The van der Waals surface area contributed by atoms with Crippen molar-refractivity contribution in [2.75, 3.05) is 18.4 Å². The molecule has 4 nitrogen and oxygen atoms in total. The van der Waals surface area contributed by atoms with Crippen LogP contribution in [0, 0.1) is 5.92 Å². The quantitative estimate of drug-likeness (QED) is 0.828. The van der Waals surface area contributed by atoms with E-state index >= 15 is 0 Å². The van der Waals surface area contributed by atoms with Gasteiger partial charge in [0.1, 0.15) is 5.82 Å². The zero-order chi connectivity index (χ0) is 13.5. The molecule has 0 radical (unpaired) electrons. The van der Waals surface area contributed by atoms with Gasteiger partial charge in [-0.25, -0.2) is 4.98 Å². The van der Waals surface area contributed by atoms with E-state index in [9.17, 15) is 4.79 Å². The van der Waals surface area contributed by atoms with Crippen LogP contribution in [0.1, 0.15) is 49.4 Å². The number of nitrogens with one attached hydrogen (secondary N) is 2. The lowest BCUT2D eigenvalue weighted by Gasteiger charge is -2.10. The van der Waals surface area contributed by atoms with Crippen molar-refractivity contribution >= 4 is 11.7 Å². The van der Waals surface area contributed by atoms with E-state index in [0.717, 1.165) is 31.2 Å². The van der Waals surface area contributed by atoms with E-state index in [2.05, 4.69) is 15.6 Å². The normalized spacial score (nSPS) is 15.4. The van der Waals surface area contributed by atoms with Gasteiger partial charge in [0.25, 0.3) is 5.91 Å². The van der Waals surface area contributed by atoms with E-state index in [0.29, 0.717) is 5.56 Å². The third kappa shape index (κ3) is 4.23. The summed E-state index contributed by atoms with van der Waals surface area (Å²) >= 11 is 0. The highest BCUT2D eigenvalue weighted by Crippen LogP contribution is 2.26. The highest BCUT2D eigenvalue weighted by molar-refractivity contribution is 5.94. The van der Waals surface area contributed by atoms with Gasteiger partial charge in [0, 0.05) is 24.8 Å². The summed E-state index contributed by atoms with van der Waals surface area (Å²) in [7, 11) is 0. The van der Waals surface area contributed by atoms with Gasteiger partial charge in [0.15, 0.2) is 0 Å². The zero-order valence-electron chi connectivity index (χ0n) is 11.6. The van der Waals surface area contributed by atoms with Crippen LogP contribution < -0.4 is 10.6 Å². The molecule has 104 valence electrons. The number of anilines is 1. The van der Waals surface area contributed by atoms with E-state index < -0.39 is 0 Å². The number of rotatable bonds is 6. The second kappa shape index (κ2) is 7.12. The maximum Gasteiger partial charge on any atom is 0.251 e. The number of hydrogen-bond acceptors (Lipinski definition) is 3. The predicted molar refractivity (Wildman–Crippen MR) is 77.3 cm³/mol. The van der Waals surface area contributed by atoms with Crippen molar-refractivity contribution in [1.29, 1.82) is 0 Å². The van der Waals surface area contributed by atoms with Crippen LogP contribution in [0.15, 0.2) is 18.3 Å². The number of amides is 1. The third-order valence-corrected chi connectivity index (χ3v) is 3.69. The Labute approximate surface area is 115 Å². The van der Waals surface area contributed by atoms with Crippen LogP contribution in [0.5, 0.6) is 0 Å². The molecule has 0 spiro atoms. The summed E-state index contributed by atoms with van der Waals surface area (Å²) in [5, 5.41) is 6.11. The van der Waals surface area contributed by atoms with E-state index in [1.54, 1.807) is 18.3 Å². The van der Waals surface area contributed by atoms with Gasteiger partial charge in [0.2, 0.25) is 0 Å². The molecule has 1 heterocycles. The number of nitrogens with zero attached hydrogens (tertiary/aromatic N) is 1. The Kier molecular flexibility index (Phi) is 5.19. The summed E-state index contributed by atoms with van der Waals surface area (Å²) in [6, 6.07) is 3.56. The number of pyridine rings is 1. The van der Waals surface area contributed by atoms with Crippen LogP contribution in [-0.4, -0.2) is 24.0 Å². The van der Waals surface area contributed by atoms with Gasteiger partial charge in [-0.15, -0.1) is 0 Å². The molecule has 0 aromatic carbocycles. The largest absolute Gasteiger partial charge is 0.370 e. The Balaban J connectivity index is 1.79. The minimum absolute atomic E-state index is 0.000417. The smallest absolute Gasteiger partial charge is 0.251 e. The fraction of sp³-hybridized carbons (Fsp3) is 0.600. The maximum atomic E-state index is 12.0. The maximum absolute atomic E-state index is 12.0. The third-order valence-electron chi connectivity index (χ3n) is 3.69. The average Bonchev–Trinajstić information content (AvgIpc) is 2.92. The van der Waals surface area contributed by atoms with Crippen LogP contribution in [0.2, 0.25) is 0 Å². The van der Waals surface area contributed by atoms with Crippen molar-refractivity contribution < 1.29 is 4.79 Å². The van der Waals surface area contributed by atoms with Crippen molar-refractivity contribution in [1.82, 2.24) is 10.3 Å². The minimum Gasteiger partial charge on any atom is -0.370 e. The van der Waals surface area contributed by atoms with Crippen LogP contribution in [0.4, 0.5) is 5.82 Å². The fourth-order valence-corrected chi connectivity index (χ4v) is 2.64. The number of carbonyl (C=O) groups excluding carboxylic acids is 1. The summed E-state index contributed by atoms with van der Waals surface area (Å²) in [5.41, 5.74) is 0.678. The topological polar surface area (TPSA) is 54.0 Å². The number of hydrogen-bond donors (Lipinski definition) is 2. The highest BCUT2D eigenvalue weighted by atomic mass is 16.1. The number of aromatic nitrogens is 1. The lowest BCUT2D eigenvalue weighted by atomic mass is 10.0. The Morgan fingerprint density at radius 2 is 2.21 bits per heavy atom. The second-order valence-electron chi connectivity index (χ2n) is 5.16. The molecule has 1 aromatic heterocycles. The first-order valence-corrected chi connectivity index (χ1v) is 7.27. The van der Waals surface area contributed by atoms with E-state index in [1.165, 1.54) is 25.7 Å². The van der Waals surface area contributed by atoms with Gasteiger partial charge in [0.05, 0.1) is 0 Å². The monoisotopic (exact) mass is 261 g/mol. The van der Waals surface area contributed by atoms with Crippen LogP contribution in [0.25, 0.3) is 0 Å². The molecule has 1 fully saturated rings. The molecule has 0 atom stereocenters. The molecule has 4 heteroatoms. The average molecular weight is 261 g/mol. The Morgan fingerprint density at radius 1 is 1.42 bits per heavy atom. The predicted octanol–water partition coefficient (Wildman–Crippen LogP) is 2.82. The Hall–Kier alpha value is -1.58. The first-order chi connectivity index (χ1) is 9.29. The number of carbonyl (C=O) groups is 1. The molecule has 1 amide bonds. The van der Waals surface area contributed by atoms with Gasteiger partial charge in [-0.05, 0) is 31.4 Å². The van der Waals surface area contributed by atoms with Crippen LogP contribution >= 0.6 is 0 Å². The second-order valence-corrected chi connectivity index (χ2v) is 5.16. The zero-order valence-corrected chi connectivity index (χ0v) is 11.6. The summed E-state index contributed by atoms with van der Waals surface area (Å²) < 4.78 is 0. The van der Waals surface area contributed by atoms with Crippen molar-refractivity contribution in [3.8, 4) is 0 Å². The molecule has 0 aliphatic heterocycles. The van der Waals surface area contributed by atoms with Gasteiger partial charge in [-0.2, -0.15) is 0 Å². The highest BCUT2D eigenvalue weighted by Gasteiger charge is 2.15. The minimum atomic E-state index is -0.000417. The fourth-order valence-electron chi connectivity index (χ4n) is 2.64. The van der Waals surface area contributed by atoms with Crippen molar-refractivity contribution in [2.45, 2.75) is 39.0 Å². The van der Waals surface area contributed by atoms with Crippen LogP contribution in [-0.2, 0) is 0 Å². The molecule has 0 unspecified atom stereocenters. The molecule has 19 heavy (non-hydrogen) atoms. The van der Waals surface area contributed by atoms with Crippen LogP contribution in [0.3, 0.4) is 0 Å². The lowest BCUT2D eigenvalue weighted by Crippen LogP contribution is -2.25. The molecular weight excluding hydrogens is 238 g/mol. The van der Waals surface area contributed by atoms with Gasteiger partial charge in [-0.3, -0.25) is 4.79 Å². The molecule has 2 N–H and O–H groups in total. The summed E-state index contributed by atoms with van der Waals surface area (Å²) in [6.45, 7) is 3.60. The van der Waals surface area contributed by atoms with E-state index in [4.69, 9.17) is 0 Å². The molecule has 0 bridgehead atoms. The van der Waals surface area contributed by atoms with E-state index in [-0.39, 0.29) is 5.91 Å². The molecule has 1 aliphatic rings. The molecule has 1 saturated carbocycles. The SMILES string of the molecule is CCNc1cc(C(=O)NCCC2CCCC2)ccn1. The molecule has 1 aliphatic carbocycles. The summed E-state index contributed by atoms with van der Waals surface area (Å²) in [5.74, 6) is 1.57.